The predicted molar refractivity (Wildman–Crippen MR) is 55.6 cm³/mol. The summed E-state index contributed by atoms with van der Waals surface area (Å²) in [5, 5.41) is 2.78. The first kappa shape index (κ1) is 10.6. The lowest BCUT2D eigenvalue weighted by Gasteiger charge is -2.03. The van der Waals surface area contributed by atoms with E-state index in [1.54, 1.807) is 24.5 Å². The molecule has 1 N–H and O–H groups in total. The van der Waals surface area contributed by atoms with Gasteiger partial charge in [-0.05, 0) is 24.1 Å². The third kappa shape index (κ3) is 3.94. The Morgan fingerprint density at radius 3 is 3.00 bits per heavy atom. The average molecular weight is 193 g/mol. The summed E-state index contributed by atoms with van der Waals surface area (Å²) in [4.78, 5) is 11.2. The van der Waals surface area contributed by atoms with Crippen LogP contribution in [0.3, 0.4) is 0 Å². The molecule has 1 heterocycles. The molecule has 1 rings (SSSR count). The molecule has 0 saturated carbocycles. The molecule has 3 nitrogen and oxygen atoms in total. The molecule has 1 amide bonds. The summed E-state index contributed by atoms with van der Waals surface area (Å²) in [5.74, 6) is 1.07. The maximum Gasteiger partial charge on any atom is 0.244 e. The minimum Gasteiger partial charge on any atom is -0.465 e. The zero-order valence-electron chi connectivity index (χ0n) is 8.49. The Labute approximate surface area is 83.8 Å². The van der Waals surface area contributed by atoms with Gasteiger partial charge in [0, 0.05) is 12.6 Å². The summed E-state index contributed by atoms with van der Waals surface area (Å²) in [6.45, 7) is 4.80. The van der Waals surface area contributed by atoms with Crippen LogP contribution in [0.2, 0.25) is 0 Å². The number of rotatable bonds is 4. The molecule has 14 heavy (non-hydrogen) atoms. The van der Waals surface area contributed by atoms with Crippen molar-refractivity contribution in [3.8, 4) is 0 Å². The fraction of sp³-hybridized carbons (Fsp3) is 0.364. The maximum absolute atomic E-state index is 11.2. The number of carbonyl (C=O) groups is 1. The lowest BCUT2D eigenvalue weighted by Crippen LogP contribution is -2.25. The van der Waals surface area contributed by atoms with Crippen LogP contribution in [-0.4, -0.2) is 12.5 Å². The fourth-order valence-electron chi connectivity index (χ4n) is 0.908. The minimum absolute atomic E-state index is 0.0879. The van der Waals surface area contributed by atoms with Crippen molar-refractivity contribution in [3.63, 3.8) is 0 Å². The van der Waals surface area contributed by atoms with Crippen LogP contribution in [0.4, 0.5) is 0 Å². The molecule has 1 aromatic rings. The standard InChI is InChI=1S/C11H15NO2/c1-9(2)8-12-11(13)6-5-10-4-3-7-14-10/h3-7,9H,8H2,1-2H3,(H,12,13). The van der Waals surface area contributed by atoms with Crippen molar-refractivity contribution in [1.82, 2.24) is 5.32 Å². The Morgan fingerprint density at radius 1 is 1.64 bits per heavy atom. The van der Waals surface area contributed by atoms with Gasteiger partial charge in [-0.15, -0.1) is 0 Å². The van der Waals surface area contributed by atoms with Crippen LogP contribution >= 0.6 is 0 Å². The van der Waals surface area contributed by atoms with Crippen molar-refractivity contribution in [2.24, 2.45) is 5.92 Å². The molecule has 0 bridgehead atoms. The second-order valence-electron chi connectivity index (χ2n) is 3.49. The van der Waals surface area contributed by atoms with E-state index in [0.29, 0.717) is 18.2 Å². The molecule has 0 saturated heterocycles. The first-order valence-electron chi connectivity index (χ1n) is 4.68. The van der Waals surface area contributed by atoms with Crippen LogP contribution in [0, 0.1) is 5.92 Å². The maximum atomic E-state index is 11.2. The second kappa shape index (κ2) is 5.27. The van der Waals surface area contributed by atoms with Gasteiger partial charge in [0.05, 0.1) is 6.26 Å². The van der Waals surface area contributed by atoms with Crippen molar-refractivity contribution in [3.05, 3.63) is 30.2 Å². The van der Waals surface area contributed by atoms with Crippen LogP contribution in [0.1, 0.15) is 19.6 Å². The molecular weight excluding hydrogens is 178 g/mol. The van der Waals surface area contributed by atoms with E-state index in [2.05, 4.69) is 19.2 Å². The Balaban J connectivity index is 2.34. The van der Waals surface area contributed by atoms with Gasteiger partial charge in [0.25, 0.3) is 0 Å². The Kier molecular flexibility index (Phi) is 3.98. The highest BCUT2D eigenvalue weighted by Gasteiger charge is 1.97. The number of hydrogen-bond donors (Lipinski definition) is 1. The largest absolute Gasteiger partial charge is 0.465 e. The first-order chi connectivity index (χ1) is 6.68. The van der Waals surface area contributed by atoms with Gasteiger partial charge < -0.3 is 9.73 Å². The minimum atomic E-state index is -0.0879. The zero-order valence-corrected chi connectivity index (χ0v) is 8.49. The van der Waals surface area contributed by atoms with Gasteiger partial charge in [-0.1, -0.05) is 13.8 Å². The van der Waals surface area contributed by atoms with E-state index in [1.165, 1.54) is 6.08 Å². The fourth-order valence-corrected chi connectivity index (χ4v) is 0.908. The summed E-state index contributed by atoms with van der Waals surface area (Å²) < 4.78 is 5.04. The topological polar surface area (TPSA) is 42.2 Å². The molecule has 0 aliphatic rings. The average Bonchev–Trinajstić information content (AvgIpc) is 2.63. The van der Waals surface area contributed by atoms with Crippen LogP contribution in [0.25, 0.3) is 6.08 Å². The van der Waals surface area contributed by atoms with Gasteiger partial charge in [0.15, 0.2) is 0 Å². The van der Waals surface area contributed by atoms with E-state index in [4.69, 9.17) is 4.42 Å². The second-order valence-corrected chi connectivity index (χ2v) is 3.49. The monoisotopic (exact) mass is 193 g/mol. The number of amides is 1. The summed E-state index contributed by atoms with van der Waals surface area (Å²) in [6.07, 6.45) is 4.70. The van der Waals surface area contributed by atoms with Crippen LogP contribution < -0.4 is 5.32 Å². The van der Waals surface area contributed by atoms with E-state index in [1.807, 2.05) is 0 Å². The van der Waals surface area contributed by atoms with Crippen molar-refractivity contribution in [2.75, 3.05) is 6.54 Å². The molecule has 0 aromatic carbocycles. The summed E-state index contributed by atoms with van der Waals surface area (Å²) in [6, 6.07) is 3.58. The highest BCUT2D eigenvalue weighted by atomic mass is 16.3. The molecule has 0 radical (unpaired) electrons. The van der Waals surface area contributed by atoms with Gasteiger partial charge in [0.2, 0.25) is 5.91 Å². The number of hydrogen-bond acceptors (Lipinski definition) is 2. The zero-order chi connectivity index (χ0) is 10.4. The molecule has 3 heteroatoms. The van der Waals surface area contributed by atoms with Gasteiger partial charge in [-0.25, -0.2) is 0 Å². The Morgan fingerprint density at radius 2 is 2.43 bits per heavy atom. The molecule has 0 aliphatic carbocycles. The van der Waals surface area contributed by atoms with Crippen LogP contribution in [0.5, 0.6) is 0 Å². The summed E-state index contributed by atoms with van der Waals surface area (Å²) >= 11 is 0. The van der Waals surface area contributed by atoms with E-state index in [9.17, 15) is 4.79 Å². The predicted octanol–water partition coefficient (Wildman–Crippen LogP) is 2.06. The van der Waals surface area contributed by atoms with Gasteiger partial charge in [0.1, 0.15) is 5.76 Å². The molecule has 0 unspecified atom stereocenters. The quantitative estimate of drug-likeness (QED) is 0.744. The third-order valence-electron chi connectivity index (χ3n) is 1.63. The van der Waals surface area contributed by atoms with Crippen LogP contribution in [0.15, 0.2) is 28.9 Å². The molecule has 0 aliphatic heterocycles. The lowest BCUT2D eigenvalue weighted by molar-refractivity contribution is -0.116. The summed E-state index contributed by atoms with van der Waals surface area (Å²) in [5.41, 5.74) is 0. The van der Waals surface area contributed by atoms with Crippen molar-refractivity contribution >= 4 is 12.0 Å². The molecular formula is C11H15NO2. The van der Waals surface area contributed by atoms with Gasteiger partial charge in [-0.3, -0.25) is 4.79 Å². The SMILES string of the molecule is CC(C)CNC(=O)C=Cc1ccco1. The van der Waals surface area contributed by atoms with Gasteiger partial charge in [-0.2, -0.15) is 0 Å². The first-order valence-corrected chi connectivity index (χ1v) is 4.68. The summed E-state index contributed by atoms with van der Waals surface area (Å²) in [7, 11) is 0. The highest BCUT2D eigenvalue weighted by Crippen LogP contribution is 2.01. The molecule has 0 atom stereocenters. The lowest BCUT2D eigenvalue weighted by atomic mass is 10.2. The number of furan rings is 1. The van der Waals surface area contributed by atoms with E-state index >= 15 is 0 Å². The smallest absolute Gasteiger partial charge is 0.244 e. The highest BCUT2D eigenvalue weighted by molar-refractivity contribution is 5.91. The number of nitrogens with one attached hydrogen (secondary N) is 1. The van der Waals surface area contributed by atoms with E-state index in [0.717, 1.165) is 0 Å². The van der Waals surface area contributed by atoms with E-state index < -0.39 is 0 Å². The molecule has 0 spiro atoms. The van der Waals surface area contributed by atoms with Crippen molar-refractivity contribution < 1.29 is 9.21 Å². The Bertz CT molecular complexity index is 299. The number of carbonyl (C=O) groups excluding carboxylic acids is 1. The molecule has 0 fully saturated rings. The van der Waals surface area contributed by atoms with Crippen molar-refractivity contribution in [1.29, 1.82) is 0 Å². The molecule has 1 aromatic heterocycles. The van der Waals surface area contributed by atoms with Gasteiger partial charge >= 0.3 is 0 Å². The Hall–Kier alpha value is -1.51. The van der Waals surface area contributed by atoms with Crippen molar-refractivity contribution in [2.45, 2.75) is 13.8 Å². The van der Waals surface area contributed by atoms with E-state index in [-0.39, 0.29) is 5.91 Å². The third-order valence-corrected chi connectivity index (χ3v) is 1.63. The molecule has 76 valence electrons. The van der Waals surface area contributed by atoms with Crippen LogP contribution in [-0.2, 0) is 4.79 Å². The normalized spacial score (nSPS) is 11.1.